The monoisotopic (exact) mass is 339 g/mol. The van der Waals surface area contributed by atoms with E-state index in [0.717, 1.165) is 40.6 Å². The molecule has 0 atom stereocenters. The molecular formula is C18H18ClN5. The maximum atomic E-state index is 6.44. The lowest BCUT2D eigenvalue weighted by Crippen LogP contribution is -2.06. The second kappa shape index (κ2) is 6.90. The van der Waals surface area contributed by atoms with E-state index < -0.39 is 0 Å². The fraction of sp³-hybridized carbons (Fsp3) is 0.278. The number of aromatic nitrogens is 4. The number of terminal acetylenes is 1. The molecule has 0 aliphatic rings. The lowest BCUT2D eigenvalue weighted by atomic mass is 10.1. The second-order valence-electron chi connectivity index (χ2n) is 5.64. The number of nitrogens with zero attached hydrogens (tertiary/aromatic N) is 4. The minimum absolute atomic E-state index is 0.382. The first-order chi connectivity index (χ1) is 11.6. The molecule has 0 unspecified atom stereocenters. The summed E-state index contributed by atoms with van der Waals surface area (Å²) in [7, 11) is 0. The number of imidazole rings is 1. The zero-order valence-electron chi connectivity index (χ0n) is 13.5. The third-order valence-electron chi connectivity index (χ3n) is 3.96. The Balaban J connectivity index is 2.05. The molecule has 6 heteroatoms. The van der Waals surface area contributed by atoms with Crippen LogP contribution >= 0.6 is 11.6 Å². The van der Waals surface area contributed by atoms with Crippen LogP contribution in [0.4, 0.5) is 5.82 Å². The van der Waals surface area contributed by atoms with Gasteiger partial charge in [0.15, 0.2) is 17.0 Å². The number of halogens is 1. The van der Waals surface area contributed by atoms with Gasteiger partial charge in [0.1, 0.15) is 12.2 Å². The zero-order chi connectivity index (χ0) is 17.1. The molecule has 2 heterocycles. The number of nitrogen functional groups attached to an aromatic ring is 1. The molecule has 24 heavy (non-hydrogen) atoms. The molecule has 1 aromatic carbocycles. The maximum Gasteiger partial charge on any atom is 0.165 e. The number of aryl methyl sites for hydroxylation is 2. The van der Waals surface area contributed by atoms with E-state index in [1.165, 1.54) is 6.33 Å². The van der Waals surface area contributed by atoms with E-state index in [0.29, 0.717) is 24.2 Å². The quantitative estimate of drug-likeness (QED) is 0.571. The van der Waals surface area contributed by atoms with Crippen molar-refractivity contribution in [1.29, 1.82) is 0 Å². The number of nitrogens with two attached hydrogens (primary N) is 1. The highest BCUT2D eigenvalue weighted by molar-refractivity contribution is 6.32. The Labute approximate surface area is 145 Å². The van der Waals surface area contributed by atoms with Crippen LogP contribution in [-0.2, 0) is 13.0 Å². The third kappa shape index (κ3) is 3.06. The highest BCUT2D eigenvalue weighted by Crippen LogP contribution is 2.25. The summed E-state index contributed by atoms with van der Waals surface area (Å²) >= 11 is 6.44. The van der Waals surface area contributed by atoms with E-state index in [1.807, 2.05) is 25.1 Å². The van der Waals surface area contributed by atoms with Gasteiger partial charge >= 0.3 is 0 Å². The number of rotatable bonds is 5. The molecular weight excluding hydrogens is 322 g/mol. The maximum absolute atomic E-state index is 6.44. The molecule has 0 aliphatic heterocycles. The van der Waals surface area contributed by atoms with E-state index in [9.17, 15) is 0 Å². The van der Waals surface area contributed by atoms with E-state index in [-0.39, 0.29) is 0 Å². The second-order valence-corrected chi connectivity index (χ2v) is 6.02. The van der Waals surface area contributed by atoms with Gasteiger partial charge in [-0.05, 0) is 24.5 Å². The first-order valence-electron chi connectivity index (χ1n) is 7.75. The summed E-state index contributed by atoms with van der Waals surface area (Å²) < 4.78 is 2.06. The lowest BCUT2D eigenvalue weighted by Gasteiger charge is -2.10. The fourth-order valence-corrected chi connectivity index (χ4v) is 2.92. The van der Waals surface area contributed by atoms with Gasteiger partial charge < -0.3 is 10.3 Å². The van der Waals surface area contributed by atoms with Crippen molar-refractivity contribution in [3.05, 3.63) is 46.5 Å². The smallest absolute Gasteiger partial charge is 0.165 e. The SMILES string of the molecule is C#CCCCn1c(Cc2cccc(C)c2Cl)nc2c(N)ncnc21. The van der Waals surface area contributed by atoms with Crippen LogP contribution in [-0.4, -0.2) is 19.5 Å². The summed E-state index contributed by atoms with van der Waals surface area (Å²) in [5.41, 5.74) is 9.38. The van der Waals surface area contributed by atoms with E-state index in [2.05, 4.69) is 25.4 Å². The topological polar surface area (TPSA) is 69.6 Å². The molecule has 3 aromatic rings. The van der Waals surface area contributed by atoms with Gasteiger partial charge in [-0.15, -0.1) is 12.3 Å². The summed E-state index contributed by atoms with van der Waals surface area (Å²) in [6.45, 7) is 2.72. The fourth-order valence-electron chi connectivity index (χ4n) is 2.72. The predicted molar refractivity (Wildman–Crippen MR) is 96.8 cm³/mol. The van der Waals surface area contributed by atoms with E-state index >= 15 is 0 Å². The number of anilines is 1. The van der Waals surface area contributed by atoms with Crippen LogP contribution in [0.25, 0.3) is 11.2 Å². The van der Waals surface area contributed by atoms with Crippen molar-refractivity contribution >= 4 is 28.6 Å². The van der Waals surface area contributed by atoms with Crippen molar-refractivity contribution in [3.8, 4) is 12.3 Å². The Morgan fingerprint density at radius 3 is 2.96 bits per heavy atom. The van der Waals surface area contributed by atoms with Gasteiger partial charge in [-0.3, -0.25) is 0 Å². The molecule has 0 bridgehead atoms. The first kappa shape index (κ1) is 16.3. The van der Waals surface area contributed by atoms with Crippen molar-refractivity contribution in [3.63, 3.8) is 0 Å². The molecule has 0 fully saturated rings. The minimum atomic E-state index is 0.382. The molecule has 3 rings (SSSR count). The molecule has 0 saturated heterocycles. The summed E-state index contributed by atoms with van der Waals surface area (Å²) in [5, 5.41) is 0.763. The molecule has 0 saturated carbocycles. The molecule has 0 amide bonds. The summed E-state index contributed by atoms with van der Waals surface area (Å²) in [4.78, 5) is 13.0. The highest BCUT2D eigenvalue weighted by Gasteiger charge is 2.16. The summed E-state index contributed by atoms with van der Waals surface area (Å²) in [6.07, 6.45) is 8.97. The molecule has 2 N–H and O–H groups in total. The minimum Gasteiger partial charge on any atom is -0.382 e. The number of fused-ring (bicyclic) bond motifs is 1. The van der Waals surface area contributed by atoms with Crippen LogP contribution in [0.5, 0.6) is 0 Å². The van der Waals surface area contributed by atoms with Gasteiger partial charge in [0.2, 0.25) is 0 Å². The van der Waals surface area contributed by atoms with Gasteiger partial charge in [-0.2, -0.15) is 0 Å². The van der Waals surface area contributed by atoms with Crippen molar-refractivity contribution in [2.24, 2.45) is 0 Å². The molecule has 0 radical (unpaired) electrons. The summed E-state index contributed by atoms with van der Waals surface area (Å²) in [5.74, 6) is 3.91. The van der Waals surface area contributed by atoms with Gasteiger partial charge in [0.05, 0.1) is 0 Å². The van der Waals surface area contributed by atoms with Gasteiger partial charge in [-0.1, -0.05) is 29.8 Å². The zero-order valence-corrected chi connectivity index (χ0v) is 14.2. The van der Waals surface area contributed by atoms with Crippen molar-refractivity contribution in [2.75, 3.05) is 5.73 Å². The van der Waals surface area contributed by atoms with Gasteiger partial charge in [0.25, 0.3) is 0 Å². The van der Waals surface area contributed by atoms with Crippen LogP contribution in [0.2, 0.25) is 5.02 Å². The predicted octanol–water partition coefficient (Wildman–Crippen LogP) is 3.37. The Morgan fingerprint density at radius 1 is 1.33 bits per heavy atom. The highest BCUT2D eigenvalue weighted by atomic mass is 35.5. The number of benzene rings is 1. The average molecular weight is 340 g/mol. The van der Waals surface area contributed by atoms with E-state index in [1.54, 1.807) is 0 Å². The van der Waals surface area contributed by atoms with E-state index in [4.69, 9.17) is 23.8 Å². The molecule has 2 aromatic heterocycles. The number of unbranched alkanes of at least 4 members (excludes halogenated alkanes) is 1. The summed E-state index contributed by atoms with van der Waals surface area (Å²) in [6, 6.07) is 6.00. The number of hydrogen-bond acceptors (Lipinski definition) is 4. The molecule has 5 nitrogen and oxygen atoms in total. The van der Waals surface area contributed by atoms with Crippen LogP contribution in [0, 0.1) is 19.3 Å². The standard InChI is InChI=1S/C18H18ClN5/c1-3-4-5-9-24-14(10-13-8-6-7-12(2)15(13)19)23-16-17(20)21-11-22-18(16)24/h1,6-8,11H,4-5,9-10H2,2H3,(H2,20,21,22). The lowest BCUT2D eigenvalue weighted by molar-refractivity contribution is 0.639. The third-order valence-corrected chi connectivity index (χ3v) is 4.50. The van der Waals surface area contributed by atoms with Crippen molar-refractivity contribution in [2.45, 2.75) is 32.7 Å². The molecule has 0 spiro atoms. The Bertz CT molecular complexity index is 923. The Kier molecular flexibility index (Phi) is 4.68. The van der Waals surface area contributed by atoms with Crippen LogP contribution < -0.4 is 5.73 Å². The van der Waals surface area contributed by atoms with Crippen molar-refractivity contribution in [1.82, 2.24) is 19.5 Å². The van der Waals surface area contributed by atoms with Gasteiger partial charge in [-0.25, -0.2) is 15.0 Å². The van der Waals surface area contributed by atoms with Crippen LogP contribution in [0.15, 0.2) is 24.5 Å². The van der Waals surface area contributed by atoms with Crippen LogP contribution in [0.1, 0.15) is 29.8 Å². The average Bonchev–Trinajstić information content (AvgIpc) is 2.91. The first-order valence-corrected chi connectivity index (χ1v) is 8.12. The normalized spacial score (nSPS) is 10.9. The Morgan fingerprint density at radius 2 is 2.17 bits per heavy atom. The number of hydrogen-bond donors (Lipinski definition) is 1. The van der Waals surface area contributed by atoms with Crippen molar-refractivity contribution < 1.29 is 0 Å². The Hall–Kier alpha value is -2.58. The largest absolute Gasteiger partial charge is 0.382 e. The molecule has 122 valence electrons. The van der Waals surface area contributed by atoms with Gasteiger partial charge in [0, 0.05) is 24.4 Å². The molecule has 0 aliphatic carbocycles. The van der Waals surface area contributed by atoms with Crippen LogP contribution in [0.3, 0.4) is 0 Å².